The monoisotopic (exact) mass is 747 g/mol. The van der Waals surface area contributed by atoms with Crippen molar-refractivity contribution in [3.8, 4) is 22.5 Å². The summed E-state index contributed by atoms with van der Waals surface area (Å²) in [6.07, 6.45) is 5.10. The first-order valence-corrected chi connectivity index (χ1v) is 18.7. The van der Waals surface area contributed by atoms with E-state index in [0.29, 0.717) is 72.2 Å². The van der Waals surface area contributed by atoms with E-state index in [9.17, 15) is 9.59 Å². The van der Waals surface area contributed by atoms with E-state index in [-0.39, 0.29) is 23.8 Å². The molecule has 8 rings (SSSR count). The van der Waals surface area contributed by atoms with Crippen molar-refractivity contribution in [1.82, 2.24) is 24.4 Å². The van der Waals surface area contributed by atoms with E-state index >= 15 is 0 Å². The summed E-state index contributed by atoms with van der Waals surface area (Å²) >= 11 is 12.8. The molecule has 0 saturated carbocycles. The number of rotatable bonds is 8. The van der Waals surface area contributed by atoms with Crippen LogP contribution in [0.15, 0.2) is 97.5 Å². The molecular weight excluding hydrogens is 709 g/mol. The van der Waals surface area contributed by atoms with Crippen molar-refractivity contribution in [2.45, 2.75) is 25.8 Å². The second-order valence-corrected chi connectivity index (χ2v) is 14.4. The van der Waals surface area contributed by atoms with E-state index in [1.165, 1.54) is 0 Å². The fraction of sp³-hybridized carbons (Fsp3) is 0.268. The van der Waals surface area contributed by atoms with Gasteiger partial charge in [-0.1, -0.05) is 71.7 Å². The van der Waals surface area contributed by atoms with Gasteiger partial charge in [-0.15, -0.1) is 0 Å². The second-order valence-electron chi connectivity index (χ2n) is 13.5. The van der Waals surface area contributed by atoms with E-state index in [1.807, 2.05) is 96.2 Å². The van der Waals surface area contributed by atoms with Gasteiger partial charge in [0.1, 0.15) is 5.69 Å². The molecule has 53 heavy (non-hydrogen) atoms. The molecule has 2 N–H and O–H groups in total. The topological polar surface area (TPSA) is 108 Å². The van der Waals surface area contributed by atoms with E-state index in [2.05, 4.69) is 26.7 Å². The highest BCUT2D eigenvalue weighted by atomic mass is 35.5. The number of imidazole rings is 1. The van der Waals surface area contributed by atoms with Crippen LogP contribution in [0.1, 0.15) is 41.9 Å². The maximum absolute atomic E-state index is 14.6. The van der Waals surface area contributed by atoms with Gasteiger partial charge in [-0.25, -0.2) is 9.97 Å². The largest absolute Gasteiger partial charge is 0.381 e. The van der Waals surface area contributed by atoms with Crippen LogP contribution >= 0.6 is 23.2 Å². The number of anilines is 2. The normalized spacial score (nSPS) is 15.8. The van der Waals surface area contributed by atoms with Crippen molar-refractivity contribution in [3.05, 3.63) is 119 Å². The van der Waals surface area contributed by atoms with Crippen LogP contribution in [-0.4, -0.2) is 75.6 Å². The first kappa shape index (κ1) is 34.9. The summed E-state index contributed by atoms with van der Waals surface area (Å²) in [5.74, 6) is 0.550. The molecule has 10 nitrogen and oxygen atoms in total. The number of amides is 2. The molecule has 3 aromatic carbocycles. The molecule has 1 atom stereocenters. The molecule has 2 aliphatic rings. The smallest absolute Gasteiger partial charge is 0.272 e. The molecular formula is C41H39Cl2N7O3. The SMILES string of the molecule is CC(c1ccc(Cl)cc1)n1cnc(-c2ccccc2)c1-c1c(C(=O)Nc2cccnc2N2CCN(C(=O)C3CCOCC3)CC2)[nH]c2cc(Cl)ccc12. The number of fused-ring (bicyclic) bond motifs is 1. The Labute approximate surface area is 317 Å². The standard InChI is InChI=1S/C41H39Cl2N7O3/c1-26(27-9-11-30(42)12-10-27)50-25-45-36(28-6-3-2-4-7-28)38(50)35-32-14-13-31(43)24-34(32)46-37(35)40(51)47-33-8-5-17-44-39(33)48-18-20-49(21-19-48)41(52)29-15-22-53-23-16-29/h2-14,17,24-26,29,46H,15-16,18-23H2,1H3,(H,47,51). The van der Waals surface area contributed by atoms with Crippen molar-refractivity contribution >= 4 is 57.4 Å². The molecule has 2 saturated heterocycles. The summed E-state index contributed by atoms with van der Waals surface area (Å²) in [4.78, 5) is 45.0. The molecule has 12 heteroatoms. The lowest BCUT2D eigenvalue weighted by Gasteiger charge is -2.38. The van der Waals surface area contributed by atoms with Gasteiger partial charge in [-0.05, 0) is 61.7 Å². The van der Waals surface area contributed by atoms with Crippen LogP contribution in [0.5, 0.6) is 0 Å². The molecule has 2 aliphatic heterocycles. The van der Waals surface area contributed by atoms with Crippen molar-refractivity contribution in [1.29, 1.82) is 0 Å². The summed E-state index contributed by atoms with van der Waals surface area (Å²) in [7, 11) is 0. The number of piperazine rings is 1. The zero-order valence-corrected chi connectivity index (χ0v) is 30.8. The average Bonchev–Trinajstić information content (AvgIpc) is 3.80. The van der Waals surface area contributed by atoms with Crippen LogP contribution in [-0.2, 0) is 9.53 Å². The number of halogens is 2. The summed E-state index contributed by atoms with van der Waals surface area (Å²) in [6, 6.07) is 26.9. The fourth-order valence-corrected chi connectivity index (χ4v) is 7.77. The maximum Gasteiger partial charge on any atom is 0.272 e. The van der Waals surface area contributed by atoms with Gasteiger partial charge in [0.25, 0.3) is 5.91 Å². The predicted octanol–water partition coefficient (Wildman–Crippen LogP) is 8.34. The third-order valence-electron chi connectivity index (χ3n) is 10.3. The minimum Gasteiger partial charge on any atom is -0.381 e. The van der Waals surface area contributed by atoms with E-state index in [4.69, 9.17) is 37.9 Å². The number of carbonyl (C=O) groups excluding carboxylic acids is 2. The van der Waals surface area contributed by atoms with E-state index < -0.39 is 0 Å². The number of hydrogen-bond acceptors (Lipinski definition) is 6. The Morgan fingerprint density at radius 1 is 0.887 bits per heavy atom. The highest BCUT2D eigenvalue weighted by molar-refractivity contribution is 6.31. The Balaban J connectivity index is 1.16. The third-order valence-corrected chi connectivity index (χ3v) is 10.8. The third kappa shape index (κ3) is 7.02. The number of H-pyrrole nitrogens is 1. The number of pyridine rings is 1. The number of aromatic nitrogens is 4. The molecule has 270 valence electrons. The van der Waals surface area contributed by atoms with Gasteiger partial charge in [-0.3, -0.25) is 9.59 Å². The lowest BCUT2D eigenvalue weighted by molar-refractivity contribution is -0.138. The molecule has 0 spiro atoms. The first-order valence-electron chi connectivity index (χ1n) is 17.9. The Morgan fingerprint density at radius 2 is 1.62 bits per heavy atom. The van der Waals surface area contributed by atoms with Gasteiger partial charge in [-0.2, -0.15) is 0 Å². The number of hydrogen-bond donors (Lipinski definition) is 2. The van der Waals surface area contributed by atoms with Gasteiger partial charge in [0.2, 0.25) is 5.91 Å². The lowest BCUT2D eigenvalue weighted by Crippen LogP contribution is -2.51. The van der Waals surface area contributed by atoms with Crippen molar-refractivity contribution in [2.24, 2.45) is 5.92 Å². The molecule has 2 fully saturated rings. The summed E-state index contributed by atoms with van der Waals surface area (Å²) in [6.45, 7) is 5.76. The van der Waals surface area contributed by atoms with Crippen LogP contribution in [0.2, 0.25) is 10.0 Å². The number of carbonyl (C=O) groups is 2. The zero-order chi connectivity index (χ0) is 36.5. The quantitative estimate of drug-likeness (QED) is 0.162. The van der Waals surface area contributed by atoms with Crippen LogP contribution in [0.3, 0.4) is 0 Å². The number of benzene rings is 3. The number of aromatic amines is 1. The van der Waals surface area contributed by atoms with Crippen molar-refractivity contribution in [3.63, 3.8) is 0 Å². The highest BCUT2D eigenvalue weighted by Gasteiger charge is 2.31. The van der Waals surface area contributed by atoms with Crippen molar-refractivity contribution in [2.75, 3.05) is 49.6 Å². The Hall–Kier alpha value is -5.16. The molecule has 3 aromatic heterocycles. The van der Waals surface area contributed by atoms with Crippen LogP contribution < -0.4 is 10.2 Å². The van der Waals surface area contributed by atoms with Gasteiger partial charge in [0, 0.05) is 83.6 Å². The number of nitrogens with one attached hydrogen (secondary N) is 2. The molecule has 0 radical (unpaired) electrons. The first-order chi connectivity index (χ1) is 25.9. The van der Waals surface area contributed by atoms with E-state index in [0.717, 1.165) is 46.3 Å². The molecule has 0 aliphatic carbocycles. The Morgan fingerprint density at radius 3 is 2.38 bits per heavy atom. The van der Waals surface area contributed by atoms with Crippen molar-refractivity contribution < 1.29 is 14.3 Å². The van der Waals surface area contributed by atoms with Crippen LogP contribution in [0.4, 0.5) is 11.5 Å². The Bertz CT molecular complexity index is 2260. The minimum atomic E-state index is -0.333. The highest BCUT2D eigenvalue weighted by Crippen LogP contribution is 2.42. The second kappa shape index (κ2) is 15.1. The summed E-state index contributed by atoms with van der Waals surface area (Å²) in [5, 5.41) is 5.22. The molecule has 0 bridgehead atoms. The minimum absolute atomic E-state index is 0.0216. The van der Waals surface area contributed by atoms with Gasteiger partial charge in [0.05, 0.1) is 29.4 Å². The van der Waals surface area contributed by atoms with Gasteiger partial charge >= 0.3 is 0 Å². The van der Waals surface area contributed by atoms with Gasteiger partial charge in [0.15, 0.2) is 5.82 Å². The Kier molecular flexibility index (Phi) is 9.92. The van der Waals surface area contributed by atoms with E-state index in [1.54, 1.807) is 6.20 Å². The lowest BCUT2D eigenvalue weighted by atomic mass is 9.98. The molecule has 6 aromatic rings. The van der Waals surface area contributed by atoms with Crippen LogP contribution in [0.25, 0.3) is 33.4 Å². The zero-order valence-electron chi connectivity index (χ0n) is 29.3. The summed E-state index contributed by atoms with van der Waals surface area (Å²) in [5.41, 5.74) is 5.86. The van der Waals surface area contributed by atoms with Gasteiger partial charge < -0.3 is 29.4 Å². The number of nitrogens with zero attached hydrogens (tertiary/aromatic N) is 5. The predicted molar refractivity (Wildman–Crippen MR) is 210 cm³/mol. The molecule has 2 amide bonds. The van der Waals surface area contributed by atoms with Crippen LogP contribution in [0, 0.1) is 5.92 Å². The fourth-order valence-electron chi connectivity index (χ4n) is 7.47. The summed E-state index contributed by atoms with van der Waals surface area (Å²) < 4.78 is 7.57. The molecule has 1 unspecified atom stereocenters. The maximum atomic E-state index is 14.6. The number of ether oxygens (including phenoxy) is 1. The average molecular weight is 749 g/mol. The molecule has 5 heterocycles.